The molecule has 4 N–H and O–H groups in total. The topological polar surface area (TPSA) is 152 Å². The number of rotatable bonds is 10. The number of alkyl carbamates (subject to hydrolysis) is 1. The van der Waals surface area contributed by atoms with E-state index in [0.29, 0.717) is 44.9 Å². The van der Waals surface area contributed by atoms with Crippen LogP contribution in [0.15, 0.2) is 30.3 Å². The molecule has 0 aromatic heterocycles. The molecule has 51 heavy (non-hydrogen) atoms. The maximum atomic E-state index is 13.9. The fraction of sp³-hybridized carbons (Fsp3) is 0.725. The Balaban J connectivity index is 1.17. The highest BCUT2D eigenvalue weighted by Gasteiger charge is 2.41. The quantitative estimate of drug-likeness (QED) is 0.223. The van der Waals surface area contributed by atoms with Gasteiger partial charge in [-0.05, 0) is 77.7 Å². The summed E-state index contributed by atoms with van der Waals surface area (Å²) in [5.41, 5.74) is 0.294. The molecule has 0 saturated heterocycles. The lowest BCUT2D eigenvalue weighted by atomic mass is 9.79. The van der Waals surface area contributed by atoms with Crippen molar-refractivity contribution in [1.29, 1.82) is 0 Å². The fourth-order valence-corrected chi connectivity index (χ4v) is 8.60. The van der Waals surface area contributed by atoms with Gasteiger partial charge >= 0.3 is 12.1 Å². The third-order valence-corrected chi connectivity index (χ3v) is 11.3. The summed E-state index contributed by atoms with van der Waals surface area (Å²) >= 11 is 0. The molecule has 4 aliphatic carbocycles. The Bertz CT molecular complexity index is 1350. The molecule has 8 atom stereocenters. The first-order valence-corrected chi connectivity index (χ1v) is 19.6. The highest BCUT2D eigenvalue weighted by molar-refractivity contribution is 5.85. The highest BCUT2D eigenvalue weighted by Crippen LogP contribution is 2.32. The smallest absolute Gasteiger partial charge is 0.407 e. The largest absolute Gasteiger partial charge is 0.461 e. The minimum absolute atomic E-state index is 0.109. The SMILES string of the molecule is CC(C)(C)OC(=O)N[C@H]1CCCC[C@H]1C(=O)N[C@H]1CCCC[C@H]1C(=O)N[C@H]1CCCC[C@H]1C(=O)N[C@H]1CCCC[C@H]1C(=O)OCc1ccccc1. The Labute approximate surface area is 303 Å². The number of hydrogen-bond donors (Lipinski definition) is 4. The van der Waals surface area contributed by atoms with Crippen LogP contribution in [0.25, 0.3) is 0 Å². The second-order valence-electron chi connectivity index (χ2n) is 16.3. The molecule has 0 aliphatic heterocycles. The van der Waals surface area contributed by atoms with Crippen LogP contribution in [-0.2, 0) is 35.3 Å². The molecule has 0 heterocycles. The van der Waals surface area contributed by atoms with Gasteiger partial charge in [-0.15, -0.1) is 0 Å². The first kappa shape index (κ1) is 38.6. The predicted molar refractivity (Wildman–Crippen MR) is 193 cm³/mol. The van der Waals surface area contributed by atoms with Gasteiger partial charge in [0.1, 0.15) is 12.2 Å². The van der Waals surface area contributed by atoms with Crippen molar-refractivity contribution in [3.63, 3.8) is 0 Å². The number of nitrogens with one attached hydrogen (secondary N) is 4. The summed E-state index contributed by atoms with van der Waals surface area (Å²) in [6, 6.07) is 8.37. The molecular weight excluding hydrogens is 648 g/mol. The van der Waals surface area contributed by atoms with E-state index in [0.717, 1.165) is 63.4 Å². The second kappa shape index (κ2) is 18.2. The molecule has 4 amide bonds. The molecular formula is C40H60N4O7. The Morgan fingerprint density at radius 3 is 1.35 bits per heavy atom. The maximum Gasteiger partial charge on any atom is 0.407 e. The Hall–Kier alpha value is -3.63. The van der Waals surface area contributed by atoms with Gasteiger partial charge in [0.05, 0.1) is 23.7 Å². The van der Waals surface area contributed by atoms with E-state index < -0.39 is 23.5 Å². The summed E-state index contributed by atoms with van der Waals surface area (Å²) in [4.78, 5) is 67.2. The molecule has 0 unspecified atom stereocenters. The van der Waals surface area contributed by atoms with E-state index in [1.807, 2.05) is 51.1 Å². The van der Waals surface area contributed by atoms with E-state index in [9.17, 15) is 24.0 Å². The zero-order valence-corrected chi connectivity index (χ0v) is 30.9. The van der Waals surface area contributed by atoms with E-state index in [1.165, 1.54) is 0 Å². The summed E-state index contributed by atoms with van der Waals surface area (Å²) in [5.74, 6) is -2.18. The number of benzene rings is 1. The van der Waals surface area contributed by atoms with E-state index in [2.05, 4.69) is 21.3 Å². The van der Waals surface area contributed by atoms with Gasteiger partial charge in [-0.1, -0.05) is 81.7 Å². The van der Waals surface area contributed by atoms with Crippen molar-refractivity contribution in [3.8, 4) is 0 Å². The highest BCUT2D eigenvalue weighted by atomic mass is 16.6. The molecule has 0 spiro atoms. The van der Waals surface area contributed by atoms with E-state index in [-0.39, 0.29) is 66.3 Å². The first-order valence-electron chi connectivity index (χ1n) is 19.6. The lowest BCUT2D eigenvalue weighted by Gasteiger charge is -2.38. The van der Waals surface area contributed by atoms with Crippen LogP contribution >= 0.6 is 0 Å². The molecule has 0 bridgehead atoms. The zero-order valence-electron chi connectivity index (χ0n) is 30.9. The average Bonchev–Trinajstić information content (AvgIpc) is 3.11. The number of esters is 1. The van der Waals surface area contributed by atoms with E-state index in [1.54, 1.807) is 0 Å². The van der Waals surface area contributed by atoms with Crippen LogP contribution < -0.4 is 21.3 Å². The molecule has 1 aromatic rings. The molecule has 1 aromatic carbocycles. The van der Waals surface area contributed by atoms with Crippen LogP contribution in [0.4, 0.5) is 4.79 Å². The zero-order chi connectivity index (χ0) is 36.4. The fourth-order valence-electron chi connectivity index (χ4n) is 8.60. The molecule has 4 aliphatic rings. The van der Waals surface area contributed by atoms with Crippen LogP contribution in [0.1, 0.15) is 129 Å². The van der Waals surface area contributed by atoms with Crippen molar-refractivity contribution < 1.29 is 33.4 Å². The van der Waals surface area contributed by atoms with Gasteiger partial charge in [-0.3, -0.25) is 19.2 Å². The number of carbonyl (C=O) groups is 5. The lowest BCUT2D eigenvalue weighted by molar-refractivity contribution is -0.152. The minimum atomic E-state index is -0.633. The van der Waals surface area contributed by atoms with Crippen molar-refractivity contribution in [1.82, 2.24) is 21.3 Å². The normalized spacial score (nSPS) is 29.9. The van der Waals surface area contributed by atoms with Gasteiger partial charge in [-0.2, -0.15) is 0 Å². The standard InChI is InChI=1S/C40H60N4O7/c1-40(2,3)51-39(49)44-33-23-13-9-19-29(33)37(47)42-31-21-11-7-17-27(31)35(45)41-32-22-12-8-18-28(32)36(46)43-34-24-14-10-20-30(34)38(48)50-25-26-15-5-4-6-16-26/h4-6,15-16,27-34H,7-14,17-25H2,1-3H3,(H,41,45)(H,42,47)(H,43,46)(H,44,49)/t27-,28-,29-,30-,31+,32+,33+,34+/m1/s1. The summed E-state index contributed by atoms with van der Waals surface area (Å²) in [7, 11) is 0. The van der Waals surface area contributed by atoms with Crippen molar-refractivity contribution in [2.24, 2.45) is 23.7 Å². The molecule has 4 saturated carbocycles. The van der Waals surface area contributed by atoms with Crippen LogP contribution in [0.5, 0.6) is 0 Å². The molecule has 282 valence electrons. The van der Waals surface area contributed by atoms with Crippen LogP contribution in [0.2, 0.25) is 0 Å². The van der Waals surface area contributed by atoms with Gasteiger partial charge in [0.25, 0.3) is 0 Å². The minimum Gasteiger partial charge on any atom is -0.461 e. The van der Waals surface area contributed by atoms with Gasteiger partial charge in [0.15, 0.2) is 0 Å². The monoisotopic (exact) mass is 708 g/mol. The summed E-state index contributed by atoms with van der Waals surface area (Å²) < 4.78 is 11.1. The number of amides is 4. The van der Waals surface area contributed by atoms with Crippen LogP contribution in [-0.4, -0.2) is 59.6 Å². The van der Waals surface area contributed by atoms with Crippen LogP contribution in [0.3, 0.4) is 0 Å². The number of carbonyl (C=O) groups excluding carboxylic acids is 5. The third-order valence-electron chi connectivity index (χ3n) is 11.3. The van der Waals surface area contributed by atoms with Crippen molar-refractivity contribution in [2.45, 2.75) is 160 Å². The van der Waals surface area contributed by atoms with Crippen molar-refractivity contribution in [2.75, 3.05) is 0 Å². The van der Waals surface area contributed by atoms with Gasteiger partial charge < -0.3 is 30.7 Å². The van der Waals surface area contributed by atoms with Gasteiger partial charge in [0, 0.05) is 24.2 Å². The van der Waals surface area contributed by atoms with E-state index in [4.69, 9.17) is 9.47 Å². The average molecular weight is 709 g/mol. The summed E-state index contributed by atoms with van der Waals surface area (Å²) in [5, 5.41) is 12.6. The van der Waals surface area contributed by atoms with Gasteiger partial charge in [0.2, 0.25) is 17.7 Å². The molecule has 4 fully saturated rings. The number of hydrogen-bond acceptors (Lipinski definition) is 7. The molecule has 11 heteroatoms. The maximum absolute atomic E-state index is 13.9. The van der Waals surface area contributed by atoms with Gasteiger partial charge in [-0.25, -0.2) is 4.79 Å². The molecule has 11 nitrogen and oxygen atoms in total. The van der Waals surface area contributed by atoms with Crippen molar-refractivity contribution in [3.05, 3.63) is 35.9 Å². The van der Waals surface area contributed by atoms with E-state index >= 15 is 0 Å². The lowest BCUT2D eigenvalue weighted by Crippen LogP contribution is -2.57. The molecule has 0 radical (unpaired) electrons. The Morgan fingerprint density at radius 2 is 0.922 bits per heavy atom. The summed E-state index contributed by atoms with van der Waals surface area (Å²) in [6.45, 7) is 5.65. The second-order valence-corrected chi connectivity index (χ2v) is 16.3. The first-order chi connectivity index (χ1) is 24.5. The third kappa shape index (κ3) is 11.2. The molecule has 5 rings (SSSR count). The Morgan fingerprint density at radius 1 is 0.549 bits per heavy atom. The summed E-state index contributed by atoms with van der Waals surface area (Å²) in [6.07, 6.45) is 12.3. The van der Waals surface area contributed by atoms with Crippen LogP contribution in [0, 0.1) is 23.7 Å². The predicted octanol–water partition coefficient (Wildman–Crippen LogP) is 5.84. The number of ether oxygens (including phenoxy) is 2. The Kier molecular flexibility index (Phi) is 13.8. The van der Waals surface area contributed by atoms with Crippen molar-refractivity contribution >= 4 is 29.8 Å².